The summed E-state index contributed by atoms with van der Waals surface area (Å²) in [6.07, 6.45) is 0. The summed E-state index contributed by atoms with van der Waals surface area (Å²) in [6.45, 7) is 7.41. The van der Waals surface area contributed by atoms with Gasteiger partial charge in [0.05, 0.1) is 0 Å². The van der Waals surface area contributed by atoms with Crippen LogP contribution in [0.4, 0.5) is 5.69 Å². The number of nitrogens with one attached hydrogen (secondary N) is 1. The molecule has 30 heavy (non-hydrogen) atoms. The Morgan fingerprint density at radius 1 is 1.10 bits per heavy atom. The molecule has 156 valence electrons. The molecule has 0 atom stereocenters. The van der Waals surface area contributed by atoms with E-state index in [-0.39, 0.29) is 19.1 Å². The Morgan fingerprint density at radius 3 is 2.53 bits per heavy atom. The van der Waals surface area contributed by atoms with Crippen molar-refractivity contribution in [2.45, 2.75) is 40.2 Å². The molecule has 3 rings (SSSR count). The second-order valence-electron chi connectivity index (χ2n) is 7.41. The molecular formula is C22H25N5O3. The maximum Gasteiger partial charge on any atom is 0.330 e. The lowest BCUT2D eigenvalue weighted by atomic mass is 9.98. The summed E-state index contributed by atoms with van der Waals surface area (Å²) >= 11 is 0. The van der Waals surface area contributed by atoms with Crippen LogP contribution in [0.5, 0.6) is 0 Å². The first-order chi connectivity index (χ1) is 14.3. The number of esters is 1. The minimum absolute atomic E-state index is 0.228. The van der Waals surface area contributed by atoms with Gasteiger partial charge in [0, 0.05) is 11.3 Å². The van der Waals surface area contributed by atoms with Gasteiger partial charge in [0.25, 0.3) is 5.91 Å². The molecule has 1 N–H and O–H groups in total. The zero-order chi connectivity index (χ0) is 21.7. The number of ether oxygens (including phenoxy) is 1. The minimum Gasteiger partial charge on any atom is -0.454 e. The second kappa shape index (κ2) is 9.30. The molecule has 2 aromatic carbocycles. The van der Waals surface area contributed by atoms with Gasteiger partial charge in [-0.3, -0.25) is 4.79 Å². The first-order valence-electron chi connectivity index (χ1n) is 9.73. The predicted molar refractivity (Wildman–Crippen MR) is 113 cm³/mol. The van der Waals surface area contributed by atoms with Crippen LogP contribution in [-0.2, 0) is 20.9 Å². The normalized spacial score (nSPS) is 10.8. The van der Waals surface area contributed by atoms with Gasteiger partial charge in [-0.15, -0.1) is 10.2 Å². The molecule has 8 nitrogen and oxygen atoms in total. The van der Waals surface area contributed by atoms with Crippen molar-refractivity contribution < 1.29 is 14.3 Å². The van der Waals surface area contributed by atoms with Gasteiger partial charge in [0.2, 0.25) is 5.82 Å². The van der Waals surface area contributed by atoms with E-state index in [1.165, 1.54) is 0 Å². The predicted octanol–water partition coefficient (Wildman–Crippen LogP) is 3.26. The fraction of sp³-hybridized carbons (Fsp3) is 0.318. The van der Waals surface area contributed by atoms with Crippen molar-refractivity contribution in [1.29, 1.82) is 0 Å². The van der Waals surface area contributed by atoms with Crippen molar-refractivity contribution in [1.82, 2.24) is 20.2 Å². The largest absolute Gasteiger partial charge is 0.454 e. The number of para-hydroxylation sites is 1. The Hall–Kier alpha value is -3.55. The molecule has 0 aliphatic carbocycles. The number of anilines is 1. The summed E-state index contributed by atoms with van der Waals surface area (Å²) < 4.78 is 5.07. The number of aryl methyl sites for hydroxylation is 2. The molecule has 0 saturated carbocycles. The SMILES string of the molecule is Cc1ccc(-c2nnn(CC(=O)OCC(=O)Nc3c(C)cccc3C(C)C)n2)cc1. The number of rotatable bonds is 7. The summed E-state index contributed by atoms with van der Waals surface area (Å²) in [5, 5.41) is 14.8. The van der Waals surface area contributed by atoms with Gasteiger partial charge < -0.3 is 10.1 Å². The zero-order valence-corrected chi connectivity index (χ0v) is 17.5. The van der Waals surface area contributed by atoms with Gasteiger partial charge >= 0.3 is 5.97 Å². The highest BCUT2D eigenvalue weighted by Crippen LogP contribution is 2.27. The maximum atomic E-state index is 12.3. The quantitative estimate of drug-likeness (QED) is 0.604. The van der Waals surface area contributed by atoms with Crippen LogP contribution in [0.2, 0.25) is 0 Å². The standard InChI is InChI=1S/C22H25N5O3/c1-14(2)18-7-5-6-16(4)21(18)23-19(28)13-30-20(29)12-27-25-22(24-26-27)17-10-8-15(3)9-11-17/h5-11,14H,12-13H2,1-4H3,(H,23,28). The van der Waals surface area contributed by atoms with Crippen LogP contribution in [0.3, 0.4) is 0 Å². The van der Waals surface area contributed by atoms with Crippen LogP contribution in [0.25, 0.3) is 11.4 Å². The lowest BCUT2D eigenvalue weighted by Crippen LogP contribution is -2.24. The molecule has 3 aromatic rings. The summed E-state index contributed by atoms with van der Waals surface area (Å²) in [7, 11) is 0. The van der Waals surface area contributed by atoms with Gasteiger partial charge in [-0.2, -0.15) is 4.80 Å². The number of tetrazole rings is 1. The van der Waals surface area contributed by atoms with Crippen LogP contribution in [0.1, 0.15) is 36.5 Å². The lowest BCUT2D eigenvalue weighted by Gasteiger charge is -2.16. The van der Waals surface area contributed by atoms with Crippen molar-refractivity contribution in [2.24, 2.45) is 0 Å². The number of nitrogens with zero attached hydrogens (tertiary/aromatic N) is 4. The van der Waals surface area contributed by atoms with E-state index < -0.39 is 11.9 Å². The van der Waals surface area contributed by atoms with E-state index in [9.17, 15) is 9.59 Å². The average Bonchev–Trinajstić information content (AvgIpc) is 3.16. The van der Waals surface area contributed by atoms with Crippen molar-refractivity contribution in [2.75, 3.05) is 11.9 Å². The van der Waals surface area contributed by atoms with E-state index >= 15 is 0 Å². The number of amides is 1. The Kier molecular flexibility index (Phi) is 6.56. The summed E-state index contributed by atoms with van der Waals surface area (Å²) in [4.78, 5) is 25.5. The van der Waals surface area contributed by atoms with Gasteiger partial charge in [-0.25, -0.2) is 4.79 Å². The third-order valence-electron chi connectivity index (χ3n) is 4.59. The Morgan fingerprint density at radius 2 is 1.83 bits per heavy atom. The van der Waals surface area contributed by atoms with Crippen LogP contribution in [-0.4, -0.2) is 38.7 Å². The van der Waals surface area contributed by atoms with Crippen molar-refractivity contribution in [3.63, 3.8) is 0 Å². The fourth-order valence-electron chi connectivity index (χ4n) is 2.95. The van der Waals surface area contributed by atoms with E-state index in [1.807, 2.05) is 56.3 Å². The monoisotopic (exact) mass is 407 g/mol. The highest BCUT2D eigenvalue weighted by molar-refractivity contribution is 5.94. The zero-order valence-electron chi connectivity index (χ0n) is 17.5. The third-order valence-corrected chi connectivity index (χ3v) is 4.59. The Balaban J connectivity index is 1.54. The van der Waals surface area contributed by atoms with Crippen molar-refractivity contribution in [3.8, 4) is 11.4 Å². The van der Waals surface area contributed by atoms with E-state index in [0.717, 1.165) is 32.7 Å². The van der Waals surface area contributed by atoms with E-state index in [2.05, 4.69) is 34.6 Å². The Bertz CT molecular complexity index is 1040. The fourth-order valence-corrected chi connectivity index (χ4v) is 2.95. The first-order valence-corrected chi connectivity index (χ1v) is 9.73. The summed E-state index contributed by atoms with van der Waals surface area (Å²) in [5.74, 6) is -0.344. The number of hydrogen-bond donors (Lipinski definition) is 1. The summed E-state index contributed by atoms with van der Waals surface area (Å²) in [6, 6.07) is 13.5. The highest BCUT2D eigenvalue weighted by Gasteiger charge is 2.15. The number of aromatic nitrogens is 4. The third kappa shape index (κ3) is 5.28. The molecule has 0 saturated heterocycles. The molecule has 0 bridgehead atoms. The highest BCUT2D eigenvalue weighted by atomic mass is 16.5. The van der Waals surface area contributed by atoms with Crippen LogP contribution in [0.15, 0.2) is 42.5 Å². The topological polar surface area (TPSA) is 99.0 Å². The molecule has 0 aliphatic heterocycles. The second-order valence-corrected chi connectivity index (χ2v) is 7.41. The molecule has 1 amide bonds. The average molecular weight is 407 g/mol. The van der Waals surface area contributed by atoms with Crippen LogP contribution >= 0.6 is 0 Å². The minimum atomic E-state index is -0.619. The van der Waals surface area contributed by atoms with Gasteiger partial charge in [0.1, 0.15) is 0 Å². The number of benzene rings is 2. The molecule has 1 heterocycles. The molecule has 1 aromatic heterocycles. The molecule has 0 fully saturated rings. The lowest BCUT2D eigenvalue weighted by molar-refractivity contribution is -0.148. The summed E-state index contributed by atoms with van der Waals surface area (Å²) in [5.41, 5.74) is 4.67. The van der Waals surface area contributed by atoms with E-state index in [0.29, 0.717) is 5.82 Å². The molecule has 0 unspecified atom stereocenters. The smallest absolute Gasteiger partial charge is 0.330 e. The number of hydrogen-bond acceptors (Lipinski definition) is 6. The van der Waals surface area contributed by atoms with Crippen molar-refractivity contribution in [3.05, 3.63) is 59.2 Å². The molecular weight excluding hydrogens is 382 g/mol. The van der Waals surface area contributed by atoms with Gasteiger partial charge in [0.15, 0.2) is 13.2 Å². The van der Waals surface area contributed by atoms with E-state index in [1.54, 1.807) is 0 Å². The van der Waals surface area contributed by atoms with E-state index in [4.69, 9.17) is 4.74 Å². The van der Waals surface area contributed by atoms with Crippen molar-refractivity contribution >= 4 is 17.6 Å². The molecule has 0 aliphatic rings. The molecule has 0 radical (unpaired) electrons. The number of carbonyl (C=O) groups is 2. The molecule has 8 heteroatoms. The van der Waals surface area contributed by atoms with Gasteiger partial charge in [-0.05, 0) is 36.1 Å². The first kappa shape index (κ1) is 21.2. The Labute approximate surface area is 175 Å². The number of carbonyl (C=O) groups excluding carboxylic acids is 2. The van der Waals surface area contributed by atoms with Gasteiger partial charge in [-0.1, -0.05) is 61.9 Å². The van der Waals surface area contributed by atoms with Crippen LogP contribution < -0.4 is 5.32 Å². The molecule has 0 spiro atoms. The maximum absolute atomic E-state index is 12.3. The van der Waals surface area contributed by atoms with Crippen LogP contribution in [0, 0.1) is 13.8 Å².